The van der Waals surface area contributed by atoms with E-state index in [0.29, 0.717) is 12.4 Å². The minimum atomic E-state index is -0.0196. The minimum Gasteiger partial charge on any atom is -0.489 e. The summed E-state index contributed by atoms with van der Waals surface area (Å²) in [4.78, 5) is 4.14. The number of nitrogens with zero attached hydrogens (tertiary/aromatic N) is 1. The van der Waals surface area contributed by atoms with E-state index in [1.54, 1.807) is 6.20 Å². The van der Waals surface area contributed by atoms with E-state index in [2.05, 4.69) is 10.3 Å². The smallest absolute Gasteiger partial charge is 0.126 e. The Morgan fingerprint density at radius 1 is 1.28 bits per heavy atom. The maximum absolute atomic E-state index is 9.20. The molecular weight excluding hydrogens is 228 g/mol. The Morgan fingerprint density at radius 2 is 2.11 bits per heavy atom. The average Bonchev–Trinajstić information content (AvgIpc) is 2.45. The van der Waals surface area contributed by atoms with Gasteiger partial charge in [0.1, 0.15) is 18.2 Å². The summed E-state index contributed by atoms with van der Waals surface area (Å²) >= 11 is 0. The highest BCUT2D eigenvalue weighted by atomic mass is 16.5. The van der Waals surface area contributed by atoms with Gasteiger partial charge in [-0.3, -0.25) is 0 Å². The van der Waals surface area contributed by atoms with Gasteiger partial charge in [0.25, 0.3) is 0 Å². The predicted molar refractivity (Wildman–Crippen MR) is 70.5 cm³/mol. The third kappa shape index (κ3) is 2.99. The molecule has 0 fully saturated rings. The molecule has 0 radical (unpaired) electrons. The topological polar surface area (TPSA) is 54.4 Å². The number of pyridine rings is 1. The van der Waals surface area contributed by atoms with Gasteiger partial charge >= 0.3 is 0 Å². The first-order valence-corrected chi connectivity index (χ1v) is 5.77. The molecule has 4 nitrogen and oxygen atoms in total. The number of benzene rings is 1. The molecule has 2 aromatic rings. The van der Waals surface area contributed by atoms with Gasteiger partial charge in [-0.15, -0.1) is 0 Å². The molecule has 0 bridgehead atoms. The summed E-state index contributed by atoms with van der Waals surface area (Å²) < 4.78 is 5.70. The van der Waals surface area contributed by atoms with E-state index in [1.165, 1.54) is 0 Å². The summed E-state index contributed by atoms with van der Waals surface area (Å²) in [5.41, 5.74) is 1.82. The zero-order valence-corrected chi connectivity index (χ0v) is 10.3. The molecule has 0 unspecified atom stereocenters. The predicted octanol–water partition coefficient (Wildman–Crippen LogP) is 2.19. The van der Waals surface area contributed by atoms with Crippen molar-refractivity contribution in [3.8, 4) is 5.75 Å². The molecule has 4 heteroatoms. The molecular formula is C14H16N2O2. The lowest BCUT2D eigenvalue weighted by atomic mass is 10.2. The van der Waals surface area contributed by atoms with Gasteiger partial charge in [0.15, 0.2) is 0 Å². The number of aliphatic hydroxyl groups is 1. The van der Waals surface area contributed by atoms with E-state index in [1.807, 2.05) is 43.4 Å². The zero-order valence-electron chi connectivity index (χ0n) is 10.3. The van der Waals surface area contributed by atoms with Crippen molar-refractivity contribution < 1.29 is 9.84 Å². The van der Waals surface area contributed by atoms with Crippen LogP contribution in [0.5, 0.6) is 5.75 Å². The van der Waals surface area contributed by atoms with Crippen LogP contribution < -0.4 is 10.1 Å². The first kappa shape index (κ1) is 12.4. The second kappa shape index (κ2) is 6.02. The number of hydrogen-bond donors (Lipinski definition) is 2. The lowest BCUT2D eigenvalue weighted by Gasteiger charge is -2.10. The quantitative estimate of drug-likeness (QED) is 0.846. The fourth-order valence-electron chi connectivity index (χ4n) is 1.64. The van der Waals surface area contributed by atoms with Crippen LogP contribution in [0.25, 0.3) is 0 Å². The molecule has 0 saturated carbocycles. The first-order chi connectivity index (χ1) is 8.83. The van der Waals surface area contributed by atoms with Gasteiger partial charge in [0.05, 0.1) is 6.61 Å². The Bertz CT molecular complexity index is 515. The van der Waals surface area contributed by atoms with E-state index in [0.717, 1.165) is 16.9 Å². The van der Waals surface area contributed by atoms with E-state index in [9.17, 15) is 5.11 Å². The summed E-state index contributed by atoms with van der Waals surface area (Å²) in [6.45, 7) is 0.433. The molecule has 1 aromatic heterocycles. The molecule has 2 rings (SSSR count). The molecule has 1 aromatic carbocycles. The highest BCUT2D eigenvalue weighted by Gasteiger charge is 2.02. The first-order valence-electron chi connectivity index (χ1n) is 5.77. The van der Waals surface area contributed by atoms with Gasteiger partial charge in [0, 0.05) is 18.8 Å². The molecule has 0 saturated heterocycles. The Balaban J connectivity index is 2.06. The van der Waals surface area contributed by atoms with Gasteiger partial charge in [-0.2, -0.15) is 0 Å². The van der Waals surface area contributed by atoms with Crippen molar-refractivity contribution in [3.63, 3.8) is 0 Å². The Kier molecular flexibility index (Phi) is 4.15. The third-order valence-corrected chi connectivity index (χ3v) is 2.62. The molecule has 0 aliphatic heterocycles. The number of aliphatic hydroxyl groups excluding tert-OH is 1. The zero-order chi connectivity index (χ0) is 12.8. The number of nitrogens with one attached hydrogen (secondary N) is 1. The summed E-state index contributed by atoms with van der Waals surface area (Å²) in [7, 11) is 1.83. The standard InChI is InChI=1S/C14H16N2O2/c1-15-14-8-11(6-7-16-14)10-18-13-5-3-2-4-12(13)9-17/h2-8,17H,9-10H2,1H3,(H,15,16). The van der Waals surface area contributed by atoms with Crippen molar-refractivity contribution in [3.05, 3.63) is 53.7 Å². The minimum absolute atomic E-state index is 0.0196. The van der Waals surface area contributed by atoms with E-state index >= 15 is 0 Å². The summed E-state index contributed by atoms with van der Waals surface area (Å²) in [5.74, 6) is 1.52. The SMILES string of the molecule is CNc1cc(COc2ccccc2CO)ccn1. The van der Waals surface area contributed by atoms with Crippen LogP contribution in [0.2, 0.25) is 0 Å². The van der Waals surface area contributed by atoms with E-state index in [4.69, 9.17) is 4.74 Å². The maximum Gasteiger partial charge on any atom is 0.126 e. The average molecular weight is 244 g/mol. The van der Waals surface area contributed by atoms with Crippen LogP contribution in [0, 0.1) is 0 Å². The molecule has 1 heterocycles. The van der Waals surface area contributed by atoms with Gasteiger partial charge < -0.3 is 15.2 Å². The highest BCUT2D eigenvalue weighted by Crippen LogP contribution is 2.19. The molecule has 94 valence electrons. The summed E-state index contributed by atoms with van der Waals surface area (Å²) in [6, 6.07) is 11.3. The number of para-hydroxylation sites is 1. The second-order valence-electron chi connectivity index (χ2n) is 3.85. The van der Waals surface area contributed by atoms with Crippen molar-refractivity contribution in [1.82, 2.24) is 4.98 Å². The third-order valence-electron chi connectivity index (χ3n) is 2.62. The summed E-state index contributed by atoms with van der Waals surface area (Å²) in [5, 5.41) is 12.2. The van der Waals surface area contributed by atoms with Gasteiger partial charge in [0.2, 0.25) is 0 Å². The van der Waals surface area contributed by atoms with Crippen LogP contribution in [-0.4, -0.2) is 17.1 Å². The largest absolute Gasteiger partial charge is 0.489 e. The van der Waals surface area contributed by atoms with Gasteiger partial charge in [-0.25, -0.2) is 4.98 Å². The van der Waals surface area contributed by atoms with Gasteiger partial charge in [-0.1, -0.05) is 18.2 Å². The van der Waals surface area contributed by atoms with Crippen LogP contribution in [0.1, 0.15) is 11.1 Å². The highest BCUT2D eigenvalue weighted by molar-refractivity contribution is 5.37. The Hall–Kier alpha value is -2.07. The van der Waals surface area contributed by atoms with E-state index in [-0.39, 0.29) is 6.61 Å². The number of rotatable bonds is 5. The molecule has 18 heavy (non-hydrogen) atoms. The molecule has 0 amide bonds. The Morgan fingerprint density at radius 3 is 2.89 bits per heavy atom. The molecule has 0 aliphatic carbocycles. The van der Waals surface area contributed by atoms with Crippen LogP contribution in [0.4, 0.5) is 5.82 Å². The maximum atomic E-state index is 9.20. The molecule has 0 spiro atoms. The van der Waals surface area contributed by atoms with Crippen LogP contribution in [0.15, 0.2) is 42.6 Å². The van der Waals surface area contributed by atoms with Crippen molar-refractivity contribution >= 4 is 5.82 Å². The van der Waals surface area contributed by atoms with Crippen LogP contribution in [0.3, 0.4) is 0 Å². The molecule has 2 N–H and O–H groups in total. The fourth-order valence-corrected chi connectivity index (χ4v) is 1.64. The monoisotopic (exact) mass is 244 g/mol. The van der Waals surface area contributed by atoms with Crippen LogP contribution >= 0.6 is 0 Å². The number of ether oxygens (including phenoxy) is 1. The van der Waals surface area contributed by atoms with E-state index < -0.39 is 0 Å². The number of anilines is 1. The van der Waals surface area contributed by atoms with Crippen molar-refractivity contribution in [2.45, 2.75) is 13.2 Å². The molecule has 0 atom stereocenters. The Labute approximate surface area is 106 Å². The van der Waals surface area contributed by atoms with Crippen molar-refractivity contribution in [2.24, 2.45) is 0 Å². The normalized spacial score (nSPS) is 10.1. The van der Waals surface area contributed by atoms with Crippen molar-refractivity contribution in [1.29, 1.82) is 0 Å². The number of aromatic nitrogens is 1. The van der Waals surface area contributed by atoms with Gasteiger partial charge in [-0.05, 0) is 23.8 Å². The lowest BCUT2D eigenvalue weighted by Crippen LogP contribution is -2.00. The number of hydrogen-bond acceptors (Lipinski definition) is 4. The molecule has 0 aliphatic rings. The second-order valence-corrected chi connectivity index (χ2v) is 3.85. The summed E-state index contributed by atoms with van der Waals surface area (Å²) in [6.07, 6.45) is 1.74. The lowest BCUT2D eigenvalue weighted by molar-refractivity contribution is 0.259. The van der Waals surface area contributed by atoms with Crippen LogP contribution in [-0.2, 0) is 13.2 Å². The fraction of sp³-hybridized carbons (Fsp3) is 0.214. The van der Waals surface area contributed by atoms with Crippen molar-refractivity contribution in [2.75, 3.05) is 12.4 Å².